The van der Waals surface area contributed by atoms with Gasteiger partial charge in [-0.05, 0) is 36.8 Å². The van der Waals surface area contributed by atoms with Gasteiger partial charge in [0, 0.05) is 16.7 Å². The van der Waals surface area contributed by atoms with Gasteiger partial charge in [-0.2, -0.15) is 0 Å². The molecule has 1 heterocycles. The van der Waals surface area contributed by atoms with Crippen molar-refractivity contribution in [3.05, 3.63) is 52.7 Å². The minimum atomic E-state index is 0.483. The highest BCUT2D eigenvalue weighted by molar-refractivity contribution is 6.30. The van der Waals surface area contributed by atoms with Gasteiger partial charge < -0.3 is 4.74 Å². The molecule has 19 heavy (non-hydrogen) atoms. The molecule has 98 valence electrons. The second-order valence-corrected chi connectivity index (χ2v) is 4.55. The predicted molar refractivity (Wildman–Crippen MR) is 75.1 cm³/mol. The van der Waals surface area contributed by atoms with Crippen molar-refractivity contribution < 1.29 is 9.53 Å². The van der Waals surface area contributed by atoms with E-state index in [2.05, 4.69) is 4.98 Å². The van der Waals surface area contributed by atoms with Crippen LogP contribution in [0.25, 0.3) is 0 Å². The van der Waals surface area contributed by atoms with Crippen molar-refractivity contribution in [2.45, 2.75) is 19.8 Å². The van der Waals surface area contributed by atoms with Crippen molar-refractivity contribution in [1.29, 1.82) is 0 Å². The Bertz CT molecular complexity index is 567. The number of aldehydes is 1. The largest absolute Gasteiger partial charge is 0.439 e. The fourth-order valence-corrected chi connectivity index (χ4v) is 1.84. The fraction of sp³-hybridized carbons (Fsp3) is 0.200. The second kappa shape index (κ2) is 6.34. The smallest absolute Gasteiger partial charge is 0.219 e. The monoisotopic (exact) mass is 275 g/mol. The Labute approximate surface area is 117 Å². The van der Waals surface area contributed by atoms with E-state index in [1.807, 2.05) is 6.92 Å². The van der Waals surface area contributed by atoms with Crippen LogP contribution < -0.4 is 4.74 Å². The van der Waals surface area contributed by atoms with E-state index < -0.39 is 0 Å². The van der Waals surface area contributed by atoms with Gasteiger partial charge in [0.05, 0.1) is 5.69 Å². The Balaban J connectivity index is 2.22. The summed E-state index contributed by atoms with van der Waals surface area (Å²) in [4.78, 5) is 15.3. The first-order valence-electron chi connectivity index (χ1n) is 6.11. The van der Waals surface area contributed by atoms with Gasteiger partial charge in [0.1, 0.15) is 5.75 Å². The van der Waals surface area contributed by atoms with E-state index in [-0.39, 0.29) is 0 Å². The molecule has 0 fully saturated rings. The van der Waals surface area contributed by atoms with Gasteiger partial charge in [-0.25, -0.2) is 4.98 Å². The summed E-state index contributed by atoms with van der Waals surface area (Å²) in [6.45, 7) is 2.04. The number of aryl methyl sites for hydroxylation is 1. The maximum absolute atomic E-state index is 10.9. The minimum absolute atomic E-state index is 0.483. The van der Waals surface area contributed by atoms with Crippen LogP contribution in [-0.4, -0.2) is 11.3 Å². The molecule has 0 bridgehead atoms. The predicted octanol–water partition coefficient (Wildman–Crippen LogP) is 4.29. The van der Waals surface area contributed by atoms with E-state index in [1.54, 1.807) is 36.4 Å². The van der Waals surface area contributed by atoms with E-state index in [9.17, 15) is 4.79 Å². The standard InChI is InChI=1S/C15H14ClNO2/c1-2-3-14-11(10-18)4-9-15(17-14)19-13-7-5-12(16)6-8-13/h4-10H,2-3H2,1H3. The molecule has 2 rings (SSSR count). The van der Waals surface area contributed by atoms with E-state index in [0.717, 1.165) is 24.8 Å². The number of ether oxygens (including phenoxy) is 1. The number of pyridine rings is 1. The van der Waals surface area contributed by atoms with Gasteiger partial charge >= 0.3 is 0 Å². The Morgan fingerprint density at radius 1 is 1.21 bits per heavy atom. The Morgan fingerprint density at radius 2 is 1.95 bits per heavy atom. The minimum Gasteiger partial charge on any atom is -0.439 e. The molecule has 0 saturated carbocycles. The molecule has 4 heteroatoms. The summed E-state index contributed by atoms with van der Waals surface area (Å²) in [5, 5.41) is 0.656. The molecule has 0 radical (unpaired) electrons. The van der Waals surface area contributed by atoms with Crippen molar-refractivity contribution in [2.75, 3.05) is 0 Å². The highest BCUT2D eigenvalue weighted by Gasteiger charge is 2.06. The lowest BCUT2D eigenvalue weighted by atomic mass is 10.1. The van der Waals surface area contributed by atoms with Crippen LogP contribution in [0.1, 0.15) is 29.4 Å². The molecule has 0 saturated heterocycles. The molecular formula is C15H14ClNO2. The lowest BCUT2D eigenvalue weighted by molar-refractivity contribution is 0.112. The summed E-state index contributed by atoms with van der Waals surface area (Å²) in [6, 6.07) is 10.5. The highest BCUT2D eigenvalue weighted by atomic mass is 35.5. The molecule has 3 nitrogen and oxygen atoms in total. The SMILES string of the molecule is CCCc1nc(Oc2ccc(Cl)cc2)ccc1C=O. The van der Waals surface area contributed by atoms with Gasteiger partial charge in [0.25, 0.3) is 0 Å². The van der Waals surface area contributed by atoms with E-state index in [1.165, 1.54) is 0 Å². The maximum Gasteiger partial charge on any atom is 0.219 e. The van der Waals surface area contributed by atoms with E-state index in [4.69, 9.17) is 16.3 Å². The molecule has 1 aromatic carbocycles. The van der Waals surface area contributed by atoms with Crippen LogP contribution in [-0.2, 0) is 6.42 Å². The molecule has 0 amide bonds. The van der Waals surface area contributed by atoms with Gasteiger partial charge in [-0.3, -0.25) is 4.79 Å². The summed E-state index contributed by atoms with van der Waals surface area (Å²) < 4.78 is 5.63. The topological polar surface area (TPSA) is 39.2 Å². The Hall–Kier alpha value is -1.87. The Morgan fingerprint density at radius 3 is 2.58 bits per heavy atom. The Kier molecular flexibility index (Phi) is 4.53. The molecule has 2 aromatic rings. The van der Waals surface area contributed by atoms with Crippen molar-refractivity contribution >= 4 is 17.9 Å². The molecule has 0 atom stereocenters. The quantitative estimate of drug-likeness (QED) is 0.764. The summed E-state index contributed by atoms with van der Waals surface area (Å²) in [5.74, 6) is 1.15. The highest BCUT2D eigenvalue weighted by Crippen LogP contribution is 2.22. The third-order valence-electron chi connectivity index (χ3n) is 2.63. The number of aromatic nitrogens is 1. The molecule has 0 aliphatic heterocycles. The van der Waals surface area contributed by atoms with Crippen LogP contribution in [0.5, 0.6) is 11.6 Å². The molecule has 0 aliphatic rings. The second-order valence-electron chi connectivity index (χ2n) is 4.11. The zero-order valence-corrected chi connectivity index (χ0v) is 11.4. The van der Waals surface area contributed by atoms with Gasteiger partial charge in [0.15, 0.2) is 6.29 Å². The van der Waals surface area contributed by atoms with Crippen molar-refractivity contribution in [2.24, 2.45) is 0 Å². The first-order valence-corrected chi connectivity index (χ1v) is 6.49. The van der Waals surface area contributed by atoms with Gasteiger partial charge in [0.2, 0.25) is 5.88 Å². The molecule has 0 aliphatic carbocycles. The first-order chi connectivity index (χ1) is 9.22. The molecule has 0 N–H and O–H groups in total. The number of hydrogen-bond donors (Lipinski definition) is 0. The lowest BCUT2D eigenvalue weighted by Crippen LogP contribution is -1.98. The molecular weight excluding hydrogens is 262 g/mol. The maximum atomic E-state index is 10.9. The summed E-state index contributed by atoms with van der Waals surface area (Å²) in [5.41, 5.74) is 1.38. The van der Waals surface area contributed by atoms with Crippen LogP contribution in [0.15, 0.2) is 36.4 Å². The fourth-order valence-electron chi connectivity index (χ4n) is 1.72. The number of rotatable bonds is 5. The van der Waals surface area contributed by atoms with Crippen LogP contribution in [0, 0.1) is 0 Å². The molecule has 0 unspecified atom stereocenters. The number of nitrogens with zero attached hydrogens (tertiary/aromatic N) is 1. The number of carbonyl (C=O) groups is 1. The van der Waals surface area contributed by atoms with Gasteiger partial charge in [-0.15, -0.1) is 0 Å². The number of benzene rings is 1. The van der Waals surface area contributed by atoms with Crippen molar-refractivity contribution in [3.63, 3.8) is 0 Å². The molecule has 1 aromatic heterocycles. The summed E-state index contributed by atoms with van der Waals surface area (Å²) in [7, 11) is 0. The zero-order chi connectivity index (χ0) is 13.7. The third-order valence-corrected chi connectivity index (χ3v) is 2.89. The van der Waals surface area contributed by atoms with Crippen molar-refractivity contribution in [1.82, 2.24) is 4.98 Å². The number of halogens is 1. The summed E-state index contributed by atoms with van der Waals surface area (Å²) in [6.07, 6.45) is 2.51. The van der Waals surface area contributed by atoms with E-state index >= 15 is 0 Å². The average Bonchev–Trinajstić information content (AvgIpc) is 2.42. The number of hydrogen-bond acceptors (Lipinski definition) is 3. The van der Waals surface area contributed by atoms with Crippen LogP contribution in [0.3, 0.4) is 0 Å². The number of carbonyl (C=O) groups excluding carboxylic acids is 1. The van der Waals surface area contributed by atoms with Crippen LogP contribution in [0.2, 0.25) is 5.02 Å². The van der Waals surface area contributed by atoms with Crippen LogP contribution >= 0.6 is 11.6 Å². The first kappa shape index (κ1) is 13.6. The normalized spacial score (nSPS) is 10.2. The average molecular weight is 276 g/mol. The third kappa shape index (κ3) is 3.55. The van der Waals surface area contributed by atoms with E-state index in [0.29, 0.717) is 22.2 Å². The van der Waals surface area contributed by atoms with Gasteiger partial charge in [-0.1, -0.05) is 24.9 Å². The lowest BCUT2D eigenvalue weighted by Gasteiger charge is -2.08. The summed E-state index contributed by atoms with van der Waals surface area (Å²) >= 11 is 5.81. The molecule has 0 spiro atoms. The van der Waals surface area contributed by atoms with Crippen LogP contribution in [0.4, 0.5) is 0 Å². The van der Waals surface area contributed by atoms with Crippen molar-refractivity contribution in [3.8, 4) is 11.6 Å². The zero-order valence-electron chi connectivity index (χ0n) is 10.6.